The van der Waals surface area contributed by atoms with Crippen LogP contribution in [0.5, 0.6) is 0 Å². The van der Waals surface area contributed by atoms with Crippen molar-refractivity contribution in [2.75, 3.05) is 0 Å². The van der Waals surface area contributed by atoms with Gasteiger partial charge in [-0.2, -0.15) is 43.9 Å². The smallest absolute Gasteiger partial charge is 0.437 e. The number of alkyl halides is 10. The SMILES string of the molecule is O=C(NC(Cc1ccccc1)OC(=O)C(F)(F)C(F)(F)F)C(F)(F)C(F)(F)F. The quantitative estimate of drug-likeness (QED) is 0.427. The number of hydrogen-bond donors (Lipinski definition) is 1. The van der Waals surface area contributed by atoms with Gasteiger partial charge in [-0.25, -0.2) is 4.79 Å². The van der Waals surface area contributed by atoms with Gasteiger partial charge in [0.15, 0.2) is 6.23 Å². The maximum atomic E-state index is 13.0. The Kier molecular flexibility index (Phi) is 6.57. The van der Waals surface area contributed by atoms with Crippen LogP contribution in [0.25, 0.3) is 0 Å². The van der Waals surface area contributed by atoms with Crippen molar-refractivity contribution in [3.8, 4) is 0 Å². The van der Waals surface area contributed by atoms with Gasteiger partial charge >= 0.3 is 36.1 Å². The van der Waals surface area contributed by atoms with Gasteiger partial charge in [0.1, 0.15) is 0 Å². The Balaban J connectivity index is 3.10. The summed E-state index contributed by atoms with van der Waals surface area (Å²) in [5.41, 5.74) is -0.0498. The maximum absolute atomic E-state index is 13.0. The number of esters is 1. The van der Waals surface area contributed by atoms with Crippen molar-refractivity contribution in [1.82, 2.24) is 5.32 Å². The van der Waals surface area contributed by atoms with Crippen molar-refractivity contribution in [1.29, 1.82) is 0 Å². The number of ether oxygens (including phenoxy) is 1. The molecule has 4 nitrogen and oxygen atoms in total. The third-order valence-corrected chi connectivity index (χ3v) is 3.06. The minimum Gasteiger partial charge on any atom is -0.437 e. The van der Waals surface area contributed by atoms with Gasteiger partial charge in [-0.3, -0.25) is 4.79 Å². The van der Waals surface area contributed by atoms with Crippen LogP contribution in [0.3, 0.4) is 0 Å². The number of carbonyl (C=O) groups excluding carboxylic acids is 2. The molecule has 158 valence electrons. The summed E-state index contributed by atoms with van der Waals surface area (Å²) < 4.78 is 129. The molecule has 0 aliphatic rings. The number of nitrogens with one attached hydrogen (secondary N) is 1. The van der Waals surface area contributed by atoms with Gasteiger partial charge in [-0.15, -0.1) is 0 Å². The Labute approximate surface area is 149 Å². The summed E-state index contributed by atoms with van der Waals surface area (Å²) in [6.45, 7) is 0. The Morgan fingerprint density at radius 1 is 0.821 bits per heavy atom. The summed E-state index contributed by atoms with van der Waals surface area (Å²) in [5, 5.41) is 0.814. The first-order valence-electron chi connectivity index (χ1n) is 6.95. The number of carbonyl (C=O) groups is 2. The fraction of sp³-hybridized carbons (Fsp3) is 0.429. The normalized spacial score (nSPS) is 14.4. The van der Waals surface area contributed by atoms with Gasteiger partial charge in [0.05, 0.1) is 0 Å². The van der Waals surface area contributed by atoms with Crippen LogP contribution in [-0.2, 0) is 20.7 Å². The molecule has 0 fully saturated rings. The zero-order chi connectivity index (χ0) is 22.0. The van der Waals surface area contributed by atoms with E-state index in [2.05, 4.69) is 4.74 Å². The highest BCUT2D eigenvalue weighted by molar-refractivity contribution is 5.85. The van der Waals surface area contributed by atoms with Gasteiger partial charge in [-0.05, 0) is 5.56 Å². The molecule has 0 saturated heterocycles. The molecule has 1 aromatic rings. The summed E-state index contributed by atoms with van der Waals surface area (Å²) in [6, 6.07) is 6.27. The van der Waals surface area contributed by atoms with Gasteiger partial charge in [0, 0.05) is 6.42 Å². The zero-order valence-corrected chi connectivity index (χ0v) is 13.2. The van der Waals surface area contributed by atoms with Crippen molar-refractivity contribution >= 4 is 11.9 Å². The second kappa shape index (κ2) is 7.83. The van der Waals surface area contributed by atoms with E-state index in [0.29, 0.717) is 0 Å². The van der Waals surface area contributed by atoms with Crippen LogP contribution in [0.1, 0.15) is 5.56 Å². The topological polar surface area (TPSA) is 55.4 Å². The highest BCUT2D eigenvalue weighted by atomic mass is 19.4. The minimum atomic E-state index is -6.43. The van der Waals surface area contributed by atoms with Crippen LogP contribution >= 0.6 is 0 Å². The molecule has 1 aromatic carbocycles. The van der Waals surface area contributed by atoms with E-state index in [0.717, 1.165) is 17.4 Å². The van der Waals surface area contributed by atoms with Gasteiger partial charge in [0.2, 0.25) is 0 Å². The van der Waals surface area contributed by atoms with Crippen LogP contribution in [0.2, 0.25) is 0 Å². The molecule has 0 aliphatic heterocycles. The first kappa shape index (κ1) is 23.5. The first-order valence-corrected chi connectivity index (χ1v) is 6.95. The lowest BCUT2D eigenvalue weighted by atomic mass is 10.1. The number of benzene rings is 1. The van der Waals surface area contributed by atoms with Crippen LogP contribution in [0, 0.1) is 0 Å². The molecule has 0 radical (unpaired) electrons. The monoisotopic (exact) mass is 429 g/mol. The number of hydrogen-bond acceptors (Lipinski definition) is 3. The Morgan fingerprint density at radius 2 is 1.29 bits per heavy atom. The van der Waals surface area contributed by atoms with E-state index in [-0.39, 0.29) is 5.56 Å². The molecule has 1 atom stereocenters. The van der Waals surface area contributed by atoms with Gasteiger partial charge < -0.3 is 10.1 Å². The lowest BCUT2D eigenvalue weighted by molar-refractivity contribution is -0.283. The summed E-state index contributed by atoms with van der Waals surface area (Å²) in [4.78, 5) is 22.2. The molecular weight excluding hydrogens is 420 g/mol. The molecule has 1 N–H and O–H groups in total. The lowest BCUT2D eigenvalue weighted by Crippen LogP contribution is -2.55. The fourth-order valence-corrected chi connectivity index (χ4v) is 1.63. The van der Waals surface area contributed by atoms with E-state index in [1.54, 1.807) is 0 Å². The molecule has 0 aliphatic carbocycles. The average molecular weight is 429 g/mol. The van der Waals surface area contributed by atoms with Gasteiger partial charge in [0.25, 0.3) is 0 Å². The van der Waals surface area contributed by atoms with E-state index in [1.807, 2.05) is 0 Å². The Hall–Kier alpha value is -2.54. The molecule has 0 heterocycles. The molecule has 1 rings (SSSR count). The Bertz CT molecular complexity index is 660. The predicted octanol–water partition coefficient (Wildman–Crippen LogP) is 3.61. The van der Waals surface area contributed by atoms with Crippen molar-refractivity contribution in [2.45, 2.75) is 36.8 Å². The molecule has 0 saturated carbocycles. The number of rotatable bonds is 6. The third kappa shape index (κ3) is 5.25. The highest BCUT2D eigenvalue weighted by Crippen LogP contribution is 2.37. The van der Waals surface area contributed by atoms with Crippen LogP contribution in [-0.4, -0.2) is 42.3 Å². The molecule has 28 heavy (non-hydrogen) atoms. The Morgan fingerprint density at radius 3 is 1.71 bits per heavy atom. The summed E-state index contributed by atoms with van der Waals surface area (Å²) in [7, 11) is 0. The minimum absolute atomic E-state index is 0.0498. The average Bonchev–Trinajstić information content (AvgIpc) is 2.53. The first-order chi connectivity index (χ1) is 12.5. The van der Waals surface area contributed by atoms with E-state index < -0.39 is 48.7 Å². The zero-order valence-electron chi connectivity index (χ0n) is 13.2. The van der Waals surface area contributed by atoms with Gasteiger partial charge in [-0.1, -0.05) is 30.3 Å². The summed E-state index contributed by atoms with van der Waals surface area (Å²) >= 11 is 0. The maximum Gasteiger partial charge on any atom is 0.465 e. The summed E-state index contributed by atoms with van der Waals surface area (Å²) in [6.07, 6.45) is -16.5. The van der Waals surface area contributed by atoms with E-state index in [9.17, 15) is 53.5 Å². The molecule has 1 unspecified atom stereocenters. The molecule has 0 spiro atoms. The molecule has 0 bridgehead atoms. The third-order valence-electron chi connectivity index (χ3n) is 3.06. The van der Waals surface area contributed by atoms with Crippen molar-refractivity contribution < 1.29 is 58.2 Å². The van der Waals surface area contributed by atoms with E-state index in [1.165, 1.54) is 18.2 Å². The van der Waals surface area contributed by atoms with Crippen molar-refractivity contribution in [3.05, 3.63) is 35.9 Å². The highest BCUT2D eigenvalue weighted by Gasteiger charge is 2.66. The van der Waals surface area contributed by atoms with Crippen LogP contribution < -0.4 is 5.32 Å². The molecule has 14 heteroatoms. The second-order valence-corrected chi connectivity index (χ2v) is 5.20. The van der Waals surface area contributed by atoms with E-state index >= 15 is 0 Å². The van der Waals surface area contributed by atoms with Crippen molar-refractivity contribution in [3.63, 3.8) is 0 Å². The van der Waals surface area contributed by atoms with Crippen LogP contribution in [0.15, 0.2) is 30.3 Å². The summed E-state index contributed by atoms with van der Waals surface area (Å²) in [5.74, 6) is -18.5. The standard InChI is InChI=1S/C14H9F10NO3/c15-11(16,13(19,20)21)9(26)25-8(6-7-4-2-1-3-5-7)28-10(27)12(17,18)14(22,23)24/h1-5,8H,6H2,(H,25,26). The van der Waals surface area contributed by atoms with E-state index in [4.69, 9.17) is 0 Å². The number of amides is 1. The van der Waals surface area contributed by atoms with Crippen LogP contribution in [0.4, 0.5) is 43.9 Å². The molecular formula is C14H9F10NO3. The van der Waals surface area contributed by atoms with Crippen molar-refractivity contribution in [2.24, 2.45) is 0 Å². The second-order valence-electron chi connectivity index (χ2n) is 5.20. The predicted molar refractivity (Wildman–Crippen MR) is 70.2 cm³/mol. The number of halogens is 10. The lowest BCUT2D eigenvalue weighted by Gasteiger charge is -2.26. The fourth-order valence-electron chi connectivity index (χ4n) is 1.63. The largest absolute Gasteiger partial charge is 0.465 e. The molecule has 1 amide bonds. The molecule has 0 aromatic heterocycles.